The summed E-state index contributed by atoms with van der Waals surface area (Å²) in [4.78, 5) is 12.3. The van der Waals surface area contributed by atoms with Crippen LogP contribution in [-0.4, -0.2) is 12.5 Å². The second kappa shape index (κ2) is 8.05. The first kappa shape index (κ1) is 19.9. The third kappa shape index (κ3) is 4.92. The molecule has 0 spiro atoms. The molecule has 1 amide bonds. The van der Waals surface area contributed by atoms with Gasteiger partial charge in [0.05, 0.1) is 10.5 Å². The average Bonchev–Trinajstić information content (AvgIpc) is 3.07. The van der Waals surface area contributed by atoms with Gasteiger partial charge in [-0.15, -0.1) is 0 Å². The van der Waals surface area contributed by atoms with Crippen LogP contribution >= 0.6 is 15.9 Å². The molecule has 144 valence electrons. The minimum absolute atomic E-state index is 0.00272. The molecule has 0 aromatic heterocycles. The highest BCUT2D eigenvalue weighted by Gasteiger charge is 2.17. The number of hydrogen-bond acceptors (Lipinski definition) is 2. The zero-order valence-electron chi connectivity index (χ0n) is 16.6. The third-order valence-electron chi connectivity index (χ3n) is 5.16. The normalized spacial score (nSPS) is 14.6. The van der Waals surface area contributed by atoms with Gasteiger partial charge < -0.3 is 10.1 Å². The van der Waals surface area contributed by atoms with Crippen molar-refractivity contribution in [2.24, 2.45) is 0 Å². The van der Waals surface area contributed by atoms with Crippen LogP contribution in [0.3, 0.4) is 0 Å². The number of amides is 1. The molecule has 1 aliphatic rings. The maximum atomic E-state index is 12.3. The number of aryl methyl sites for hydroxylation is 2. The number of hydrogen-bond donors (Lipinski definition) is 1. The number of fused-ring (bicyclic) bond motifs is 1. The smallest absolute Gasteiger partial charge is 0.258 e. The Morgan fingerprint density at radius 2 is 1.89 bits per heavy atom. The molecule has 1 N–H and O–H groups in total. The van der Waals surface area contributed by atoms with Crippen molar-refractivity contribution in [2.45, 2.75) is 58.4 Å². The van der Waals surface area contributed by atoms with E-state index in [2.05, 4.69) is 66.3 Å². The van der Waals surface area contributed by atoms with E-state index in [4.69, 9.17) is 4.74 Å². The molecule has 0 bridgehead atoms. The van der Waals surface area contributed by atoms with Gasteiger partial charge in [0, 0.05) is 0 Å². The van der Waals surface area contributed by atoms with Gasteiger partial charge in [0.15, 0.2) is 6.61 Å². The number of nitrogens with one attached hydrogen (secondary N) is 1. The number of rotatable bonds is 5. The Bertz CT molecular complexity index is 839. The Morgan fingerprint density at radius 1 is 1.15 bits per heavy atom. The molecule has 1 atom stereocenters. The van der Waals surface area contributed by atoms with E-state index in [0.29, 0.717) is 5.75 Å². The summed E-state index contributed by atoms with van der Waals surface area (Å²) in [5.74, 6) is 0.568. The summed E-state index contributed by atoms with van der Waals surface area (Å²) in [6.07, 6.45) is 3.55. The molecule has 1 aliphatic carbocycles. The summed E-state index contributed by atoms with van der Waals surface area (Å²) in [5.41, 5.74) is 5.32. The van der Waals surface area contributed by atoms with Gasteiger partial charge in [0.2, 0.25) is 0 Å². The van der Waals surface area contributed by atoms with Gasteiger partial charge in [-0.3, -0.25) is 4.79 Å². The highest BCUT2D eigenvalue weighted by Crippen LogP contribution is 2.31. The molecule has 0 radical (unpaired) electrons. The summed E-state index contributed by atoms with van der Waals surface area (Å²) in [5, 5.41) is 3.03. The van der Waals surface area contributed by atoms with Gasteiger partial charge >= 0.3 is 0 Å². The lowest BCUT2D eigenvalue weighted by molar-refractivity contribution is -0.123. The molecule has 4 heteroatoms. The van der Waals surface area contributed by atoms with Gasteiger partial charge in [-0.1, -0.05) is 45.0 Å². The summed E-state index contributed by atoms with van der Waals surface area (Å²) in [7, 11) is 0. The van der Waals surface area contributed by atoms with Gasteiger partial charge in [-0.2, -0.15) is 0 Å². The zero-order chi connectivity index (χ0) is 19.6. The van der Waals surface area contributed by atoms with E-state index in [9.17, 15) is 4.79 Å². The maximum Gasteiger partial charge on any atom is 0.258 e. The van der Waals surface area contributed by atoms with Crippen molar-refractivity contribution in [3.8, 4) is 5.75 Å². The van der Waals surface area contributed by atoms with Crippen LogP contribution in [-0.2, 0) is 23.1 Å². The number of carbonyl (C=O) groups is 1. The second-order valence-electron chi connectivity index (χ2n) is 8.35. The van der Waals surface area contributed by atoms with E-state index < -0.39 is 0 Å². The fourth-order valence-electron chi connectivity index (χ4n) is 3.46. The Balaban J connectivity index is 1.56. The first-order chi connectivity index (χ1) is 12.7. The van der Waals surface area contributed by atoms with Crippen molar-refractivity contribution in [3.05, 3.63) is 63.1 Å². The van der Waals surface area contributed by atoms with Crippen molar-refractivity contribution < 1.29 is 9.53 Å². The van der Waals surface area contributed by atoms with Crippen LogP contribution in [0.5, 0.6) is 5.75 Å². The maximum absolute atomic E-state index is 12.3. The number of ether oxygens (including phenoxy) is 1. The van der Waals surface area contributed by atoms with Crippen LogP contribution in [0.15, 0.2) is 40.9 Å². The fourth-order valence-corrected chi connectivity index (χ4v) is 3.95. The summed E-state index contributed by atoms with van der Waals surface area (Å²) in [6, 6.07) is 12.5. The molecule has 2 aromatic rings. The first-order valence-electron chi connectivity index (χ1n) is 9.58. The van der Waals surface area contributed by atoms with Crippen molar-refractivity contribution in [3.63, 3.8) is 0 Å². The molecule has 0 saturated heterocycles. The van der Waals surface area contributed by atoms with E-state index >= 15 is 0 Å². The number of carbonyl (C=O) groups excluding carboxylic acids is 1. The predicted octanol–water partition coefficient (Wildman–Crippen LogP) is 5.49. The third-order valence-corrected chi connectivity index (χ3v) is 5.78. The van der Waals surface area contributed by atoms with Crippen LogP contribution in [0.25, 0.3) is 0 Å². The molecule has 2 aromatic carbocycles. The van der Waals surface area contributed by atoms with Gasteiger partial charge in [0.1, 0.15) is 5.75 Å². The summed E-state index contributed by atoms with van der Waals surface area (Å²) < 4.78 is 6.59. The van der Waals surface area contributed by atoms with Gasteiger partial charge in [-0.05, 0) is 81.9 Å². The monoisotopic (exact) mass is 429 g/mol. The highest BCUT2D eigenvalue weighted by molar-refractivity contribution is 9.10. The lowest BCUT2D eigenvalue weighted by Gasteiger charge is -2.20. The zero-order valence-corrected chi connectivity index (χ0v) is 18.2. The molecule has 0 aliphatic heterocycles. The van der Waals surface area contributed by atoms with Crippen molar-refractivity contribution in [1.82, 2.24) is 5.32 Å². The quantitative estimate of drug-likeness (QED) is 0.681. The van der Waals surface area contributed by atoms with Crippen molar-refractivity contribution in [1.29, 1.82) is 0 Å². The van der Waals surface area contributed by atoms with Gasteiger partial charge in [0.25, 0.3) is 5.91 Å². The van der Waals surface area contributed by atoms with Crippen molar-refractivity contribution in [2.75, 3.05) is 6.61 Å². The molecule has 0 unspecified atom stereocenters. The molecule has 27 heavy (non-hydrogen) atoms. The van der Waals surface area contributed by atoms with Crippen molar-refractivity contribution >= 4 is 21.8 Å². The molecule has 0 heterocycles. The van der Waals surface area contributed by atoms with Crippen LogP contribution in [0.1, 0.15) is 62.4 Å². The van der Waals surface area contributed by atoms with E-state index in [0.717, 1.165) is 16.5 Å². The van der Waals surface area contributed by atoms with E-state index in [1.165, 1.54) is 29.5 Å². The van der Waals surface area contributed by atoms with Crippen LogP contribution in [0.4, 0.5) is 0 Å². The van der Waals surface area contributed by atoms with Crippen LogP contribution < -0.4 is 10.1 Å². The van der Waals surface area contributed by atoms with Crippen LogP contribution in [0.2, 0.25) is 0 Å². The fraction of sp³-hybridized carbons (Fsp3) is 0.435. The molecular weight excluding hydrogens is 402 g/mol. The minimum atomic E-state index is -0.116. The Hall–Kier alpha value is -1.81. The number of benzene rings is 2. The van der Waals surface area contributed by atoms with Crippen LogP contribution in [0, 0.1) is 0 Å². The average molecular weight is 430 g/mol. The lowest BCUT2D eigenvalue weighted by atomic mass is 9.87. The van der Waals surface area contributed by atoms with E-state index in [-0.39, 0.29) is 24.0 Å². The lowest BCUT2D eigenvalue weighted by Crippen LogP contribution is -2.31. The van der Waals surface area contributed by atoms with Gasteiger partial charge in [-0.25, -0.2) is 0 Å². The summed E-state index contributed by atoms with van der Waals surface area (Å²) in [6.45, 7) is 8.53. The highest BCUT2D eigenvalue weighted by atomic mass is 79.9. The Kier molecular flexibility index (Phi) is 5.95. The molecule has 3 rings (SSSR count). The largest absolute Gasteiger partial charge is 0.483 e. The van der Waals surface area contributed by atoms with E-state index in [1.54, 1.807) is 0 Å². The molecule has 0 saturated carbocycles. The predicted molar refractivity (Wildman–Crippen MR) is 113 cm³/mol. The Labute approximate surface area is 170 Å². The van der Waals surface area contributed by atoms with E-state index in [1.807, 2.05) is 19.1 Å². The second-order valence-corrected chi connectivity index (χ2v) is 9.21. The molecule has 0 fully saturated rings. The minimum Gasteiger partial charge on any atom is -0.483 e. The topological polar surface area (TPSA) is 38.3 Å². The standard InChI is InChI=1S/C23H28BrNO2/c1-15(17-9-8-16-6-5-7-18(16)12-17)25-22(26)14-27-21-11-10-19(13-20(21)24)23(2,3)4/h8-13,15H,5-7,14H2,1-4H3,(H,25,26)/t15-/m0/s1. The molecule has 3 nitrogen and oxygen atoms in total. The number of halogens is 1. The Morgan fingerprint density at radius 3 is 2.59 bits per heavy atom. The molecular formula is C23H28BrNO2. The summed E-state index contributed by atoms with van der Waals surface area (Å²) >= 11 is 3.55. The first-order valence-corrected chi connectivity index (χ1v) is 10.4. The SMILES string of the molecule is C[C@H](NC(=O)COc1ccc(C(C)(C)C)cc1Br)c1ccc2c(c1)CCC2.